The summed E-state index contributed by atoms with van der Waals surface area (Å²) < 4.78 is 10.2. The molecule has 0 aromatic carbocycles. The molecule has 4 heteroatoms. The normalized spacial score (nSPS) is 27.5. The third-order valence-corrected chi connectivity index (χ3v) is 2.20. The second-order valence-corrected chi connectivity index (χ2v) is 3.21. The van der Waals surface area contributed by atoms with E-state index < -0.39 is 0 Å². The largest absolute Gasteiger partial charge is 0.466 e. The van der Waals surface area contributed by atoms with Gasteiger partial charge in [-0.05, 0) is 19.8 Å². The van der Waals surface area contributed by atoms with E-state index in [9.17, 15) is 4.79 Å². The van der Waals surface area contributed by atoms with Gasteiger partial charge in [-0.15, -0.1) is 0 Å². The van der Waals surface area contributed by atoms with Gasteiger partial charge in [0.2, 0.25) is 0 Å². The Balaban J connectivity index is 2.14. The first-order valence-corrected chi connectivity index (χ1v) is 4.77. The van der Waals surface area contributed by atoms with E-state index in [4.69, 9.17) is 15.2 Å². The van der Waals surface area contributed by atoms with Crippen molar-refractivity contribution < 1.29 is 14.3 Å². The number of esters is 1. The van der Waals surface area contributed by atoms with Gasteiger partial charge in [0.05, 0.1) is 12.7 Å². The Morgan fingerprint density at radius 1 is 1.69 bits per heavy atom. The Morgan fingerprint density at radius 2 is 2.46 bits per heavy atom. The number of carbonyl (C=O) groups is 1. The maximum atomic E-state index is 11.0. The first kappa shape index (κ1) is 10.5. The molecule has 0 aromatic rings. The maximum absolute atomic E-state index is 11.0. The fourth-order valence-corrected chi connectivity index (χ4v) is 1.46. The van der Waals surface area contributed by atoms with E-state index >= 15 is 0 Å². The lowest BCUT2D eigenvalue weighted by atomic mass is 10.1. The predicted octanol–water partition coefficient (Wildman–Crippen LogP) is 0.446. The van der Waals surface area contributed by atoms with Gasteiger partial charge in [0.1, 0.15) is 0 Å². The molecule has 2 N–H and O–H groups in total. The van der Waals surface area contributed by atoms with Crippen molar-refractivity contribution in [2.75, 3.05) is 13.2 Å². The third-order valence-electron chi connectivity index (χ3n) is 2.20. The van der Waals surface area contributed by atoms with Gasteiger partial charge < -0.3 is 15.2 Å². The van der Waals surface area contributed by atoms with Crippen LogP contribution in [0.3, 0.4) is 0 Å². The molecule has 1 fully saturated rings. The first-order valence-electron chi connectivity index (χ1n) is 4.77. The minimum absolute atomic E-state index is 0.0457. The highest BCUT2D eigenvalue weighted by molar-refractivity contribution is 5.69. The highest BCUT2D eigenvalue weighted by atomic mass is 16.5. The molecule has 0 radical (unpaired) electrons. The standard InChI is InChI=1S/C9H17NO3/c1-2-12-9(11)4-3-8-7(10)5-6-13-8/h7-8H,2-6,10H2,1H3. The summed E-state index contributed by atoms with van der Waals surface area (Å²) >= 11 is 0. The van der Waals surface area contributed by atoms with Crippen LogP contribution in [0, 0.1) is 0 Å². The molecule has 0 aromatic heterocycles. The minimum Gasteiger partial charge on any atom is -0.466 e. The van der Waals surface area contributed by atoms with E-state index in [2.05, 4.69) is 0 Å². The smallest absolute Gasteiger partial charge is 0.305 e. The highest BCUT2D eigenvalue weighted by Crippen LogP contribution is 2.16. The Kier molecular flexibility index (Phi) is 4.18. The molecule has 0 spiro atoms. The van der Waals surface area contributed by atoms with Crippen molar-refractivity contribution in [3.63, 3.8) is 0 Å². The molecule has 2 unspecified atom stereocenters. The van der Waals surface area contributed by atoms with Crippen LogP contribution in [0.2, 0.25) is 0 Å². The summed E-state index contributed by atoms with van der Waals surface area (Å²) in [5.74, 6) is -0.162. The molecule has 1 saturated heterocycles. The Hall–Kier alpha value is -0.610. The van der Waals surface area contributed by atoms with Crippen LogP contribution in [0.1, 0.15) is 26.2 Å². The second-order valence-electron chi connectivity index (χ2n) is 3.21. The van der Waals surface area contributed by atoms with Crippen LogP contribution in [0.15, 0.2) is 0 Å². The van der Waals surface area contributed by atoms with Crippen molar-refractivity contribution >= 4 is 5.97 Å². The molecule has 1 rings (SSSR count). The quantitative estimate of drug-likeness (QED) is 0.649. The van der Waals surface area contributed by atoms with Crippen LogP contribution in [-0.4, -0.2) is 31.3 Å². The number of rotatable bonds is 4. The van der Waals surface area contributed by atoms with Crippen LogP contribution in [0.5, 0.6) is 0 Å². The number of nitrogens with two attached hydrogens (primary N) is 1. The SMILES string of the molecule is CCOC(=O)CCC1OCCC1N. The highest BCUT2D eigenvalue weighted by Gasteiger charge is 2.25. The second kappa shape index (κ2) is 5.19. The lowest BCUT2D eigenvalue weighted by Gasteiger charge is -2.13. The Bertz CT molecular complexity index is 172. The van der Waals surface area contributed by atoms with Crippen LogP contribution in [0.4, 0.5) is 0 Å². The number of ether oxygens (including phenoxy) is 2. The number of hydrogen-bond acceptors (Lipinski definition) is 4. The topological polar surface area (TPSA) is 61.5 Å². The lowest BCUT2D eigenvalue weighted by molar-refractivity contribution is -0.143. The molecule has 0 amide bonds. The minimum atomic E-state index is -0.162. The summed E-state index contributed by atoms with van der Waals surface area (Å²) in [4.78, 5) is 11.0. The van der Waals surface area contributed by atoms with Gasteiger partial charge in [-0.25, -0.2) is 0 Å². The molecule has 0 aliphatic carbocycles. The monoisotopic (exact) mass is 187 g/mol. The molecule has 1 heterocycles. The lowest BCUT2D eigenvalue weighted by Crippen LogP contribution is -2.30. The summed E-state index contributed by atoms with van der Waals surface area (Å²) in [5.41, 5.74) is 5.76. The van der Waals surface area contributed by atoms with E-state index in [0.717, 1.165) is 6.42 Å². The fourth-order valence-electron chi connectivity index (χ4n) is 1.46. The van der Waals surface area contributed by atoms with Gasteiger partial charge in [-0.1, -0.05) is 0 Å². The number of hydrogen-bond donors (Lipinski definition) is 1. The van der Waals surface area contributed by atoms with Crippen LogP contribution in [-0.2, 0) is 14.3 Å². The zero-order valence-corrected chi connectivity index (χ0v) is 7.99. The van der Waals surface area contributed by atoms with Crippen molar-refractivity contribution in [2.45, 2.75) is 38.3 Å². The van der Waals surface area contributed by atoms with Crippen molar-refractivity contribution in [3.05, 3.63) is 0 Å². The molecule has 0 saturated carbocycles. The predicted molar refractivity (Wildman–Crippen MR) is 48.2 cm³/mol. The third kappa shape index (κ3) is 3.32. The average Bonchev–Trinajstić information content (AvgIpc) is 2.48. The van der Waals surface area contributed by atoms with Crippen molar-refractivity contribution in [2.24, 2.45) is 5.73 Å². The molecule has 4 nitrogen and oxygen atoms in total. The van der Waals surface area contributed by atoms with Crippen LogP contribution < -0.4 is 5.73 Å². The van der Waals surface area contributed by atoms with E-state index in [0.29, 0.717) is 26.1 Å². The molecular weight excluding hydrogens is 170 g/mol. The summed E-state index contributed by atoms with van der Waals surface area (Å²) in [6.07, 6.45) is 2.03. The number of carbonyl (C=O) groups excluding carboxylic acids is 1. The summed E-state index contributed by atoms with van der Waals surface area (Å²) in [7, 11) is 0. The van der Waals surface area contributed by atoms with Gasteiger partial charge in [0.25, 0.3) is 0 Å². The summed E-state index contributed by atoms with van der Waals surface area (Å²) in [6, 6.07) is 0.0921. The van der Waals surface area contributed by atoms with Gasteiger partial charge in [-0.3, -0.25) is 4.79 Å². The van der Waals surface area contributed by atoms with Crippen molar-refractivity contribution in [1.29, 1.82) is 0 Å². The molecular formula is C9H17NO3. The first-order chi connectivity index (χ1) is 6.24. The van der Waals surface area contributed by atoms with E-state index in [1.165, 1.54) is 0 Å². The Labute approximate surface area is 78.4 Å². The van der Waals surface area contributed by atoms with Crippen LogP contribution in [0.25, 0.3) is 0 Å². The van der Waals surface area contributed by atoms with E-state index in [-0.39, 0.29) is 18.1 Å². The van der Waals surface area contributed by atoms with E-state index in [1.54, 1.807) is 6.92 Å². The zero-order valence-electron chi connectivity index (χ0n) is 7.99. The zero-order chi connectivity index (χ0) is 9.68. The van der Waals surface area contributed by atoms with Crippen LogP contribution >= 0.6 is 0 Å². The average molecular weight is 187 g/mol. The molecule has 76 valence electrons. The molecule has 13 heavy (non-hydrogen) atoms. The maximum Gasteiger partial charge on any atom is 0.305 e. The van der Waals surface area contributed by atoms with E-state index in [1.807, 2.05) is 0 Å². The summed E-state index contributed by atoms with van der Waals surface area (Å²) in [6.45, 7) is 2.96. The van der Waals surface area contributed by atoms with Gasteiger partial charge in [0.15, 0.2) is 0 Å². The Morgan fingerprint density at radius 3 is 3.00 bits per heavy atom. The fraction of sp³-hybridized carbons (Fsp3) is 0.889. The molecule has 2 atom stereocenters. The molecule has 0 bridgehead atoms. The van der Waals surface area contributed by atoms with Gasteiger partial charge in [0, 0.05) is 19.1 Å². The van der Waals surface area contributed by atoms with Gasteiger partial charge in [-0.2, -0.15) is 0 Å². The van der Waals surface area contributed by atoms with Crippen molar-refractivity contribution in [3.8, 4) is 0 Å². The molecule has 1 aliphatic rings. The van der Waals surface area contributed by atoms with Gasteiger partial charge >= 0.3 is 5.97 Å². The summed E-state index contributed by atoms with van der Waals surface area (Å²) in [5, 5.41) is 0. The van der Waals surface area contributed by atoms with Crippen molar-refractivity contribution in [1.82, 2.24) is 0 Å². The molecule has 1 aliphatic heterocycles.